The van der Waals surface area contributed by atoms with Crippen molar-refractivity contribution >= 4 is 17.5 Å². The molecule has 1 unspecified atom stereocenters. The van der Waals surface area contributed by atoms with Crippen molar-refractivity contribution < 1.29 is 14.3 Å². The summed E-state index contributed by atoms with van der Waals surface area (Å²) >= 11 is 0. The molecule has 5 heteroatoms. The van der Waals surface area contributed by atoms with Crippen LogP contribution in [0.3, 0.4) is 0 Å². The molecule has 27 heavy (non-hydrogen) atoms. The van der Waals surface area contributed by atoms with Crippen LogP contribution in [-0.2, 0) is 4.74 Å². The number of para-hydroxylation sites is 1. The summed E-state index contributed by atoms with van der Waals surface area (Å²) in [5, 5.41) is 5.80. The summed E-state index contributed by atoms with van der Waals surface area (Å²) in [6.07, 6.45) is -1.51. The summed E-state index contributed by atoms with van der Waals surface area (Å²) in [4.78, 5) is 12.5. The van der Waals surface area contributed by atoms with E-state index in [-0.39, 0.29) is 0 Å². The number of carbonyl (C=O) groups is 1. The van der Waals surface area contributed by atoms with Crippen LogP contribution in [0.15, 0.2) is 90.0 Å². The van der Waals surface area contributed by atoms with E-state index in [9.17, 15) is 4.79 Å². The Balaban J connectivity index is 1.72. The third-order valence-corrected chi connectivity index (χ3v) is 4.15. The second kappa shape index (κ2) is 7.33. The number of carbonyl (C=O) groups excluding carboxylic acids is 1. The van der Waals surface area contributed by atoms with Crippen LogP contribution in [0.4, 0.5) is 10.5 Å². The first-order chi connectivity index (χ1) is 13.2. The molecule has 1 amide bonds. The van der Waals surface area contributed by atoms with Gasteiger partial charge in [-0.05, 0) is 31.2 Å². The normalized spacial score (nSPS) is 16.5. The molecule has 0 saturated carbocycles. The first kappa shape index (κ1) is 16.8. The van der Waals surface area contributed by atoms with E-state index < -0.39 is 12.4 Å². The molecule has 4 rings (SSSR count). The first-order valence-electron chi connectivity index (χ1n) is 8.64. The number of hydrazone groups is 1. The van der Waals surface area contributed by atoms with Gasteiger partial charge in [-0.3, -0.25) is 0 Å². The van der Waals surface area contributed by atoms with Crippen LogP contribution in [-0.4, -0.2) is 18.1 Å². The molecule has 3 aromatic rings. The average molecular weight is 358 g/mol. The number of benzene rings is 3. The van der Waals surface area contributed by atoms with E-state index in [0.29, 0.717) is 17.1 Å². The number of rotatable bonds is 4. The Labute approximate surface area is 157 Å². The quantitative estimate of drug-likeness (QED) is 0.675. The van der Waals surface area contributed by atoms with E-state index in [2.05, 4.69) is 5.10 Å². The summed E-state index contributed by atoms with van der Waals surface area (Å²) in [5.74, 6) is 0.607. The maximum Gasteiger partial charge on any atom is 0.438 e. The van der Waals surface area contributed by atoms with E-state index in [1.807, 2.05) is 79.7 Å². The van der Waals surface area contributed by atoms with Crippen molar-refractivity contribution in [3.8, 4) is 5.75 Å². The highest BCUT2D eigenvalue weighted by atomic mass is 16.7. The van der Waals surface area contributed by atoms with Crippen LogP contribution in [0.1, 0.15) is 11.1 Å². The van der Waals surface area contributed by atoms with Crippen molar-refractivity contribution in [3.05, 3.63) is 96.1 Å². The molecule has 0 radical (unpaired) electrons. The van der Waals surface area contributed by atoms with Crippen molar-refractivity contribution in [2.24, 2.45) is 5.10 Å². The zero-order chi connectivity index (χ0) is 18.6. The van der Waals surface area contributed by atoms with Gasteiger partial charge in [0.25, 0.3) is 6.29 Å². The fraction of sp³-hybridized carbons (Fsp3) is 0.0909. The highest BCUT2D eigenvalue weighted by Gasteiger charge is 2.34. The van der Waals surface area contributed by atoms with Crippen LogP contribution in [0.5, 0.6) is 5.75 Å². The zero-order valence-electron chi connectivity index (χ0n) is 14.8. The molecule has 134 valence electrons. The van der Waals surface area contributed by atoms with Gasteiger partial charge in [0.05, 0.1) is 5.69 Å². The van der Waals surface area contributed by atoms with Crippen LogP contribution in [0, 0.1) is 6.92 Å². The molecule has 0 saturated heterocycles. The number of anilines is 1. The second-order valence-corrected chi connectivity index (χ2v) is 6.15. The molecule has 0 aliphatic carbocycles. The maximum atomic E-state index is 12.5. The van der Waals surface area contributed by atoms with Gasteiger partial charge in [0, 0.05) is 5.56 Å². The van der Waals surface area contributed by atoms with Gasteiger partial charge in [0.2, 0.25) is 0 Å². The predicted octanol–water partition coefficient (Wildman–Crippen LogP) is 4.76. The molecule has 1 aliphatic rings. The Morgan fingerprint density at radius 1 is 0.889 bits per heavy atom. The molecule has 1 heterocycles. The van der Waals surface area contributed by atoms with Crippen molar-refractivity contribution in [1.29, 1.82) is 0 Å². The third kappa shape index (κ3) is 3.67. The lowest BCUT2D eigenvalue weighted by atomic mass is 10.1. The number of hydrogen-bond donors (Lipinski definition) is 0. The Bertz CT molecular complexity index is 954. The lowest BCUT2D eigenvalue weighted by Gasteiger charge is -2.29. The minimum atomic E-state index is -0.928. The number of cyclic esters (lactones) is 1. The smallest absolute Gasteiger partial charge is 0.438 e. The summed E-state index contributed by atoms with van der Waals surface area (Å²) in [6.45, 7) is 2.00. The van der Waals surface area contributed by atoms with Gasteiger partial charge in [0.15, 0.2) is 0 Å². The number of nitrogens with zero attached hydrogens (tertiary/aromatic N) is 2. The van der Waals surface area contributed by atoms with E-state index in [1.165, 1.54) is 5.01 Å². The summed E-state index contributed by atoms with van der Waals surface area (Å²) in [5.41, 5.74) is 3.10. The lowest BCUT2D eigenvalue weighted by Crippen LogP contribution is -2.44. The SMILES string of the molecule is Cc1ccc(OC2OC(=O)N(c3ccccc3)N=C2c2ccccc2)cc1. The van der Waals surface area contributed by atoms with Crippen molar-refractivity contribution in [1.82, 2.24) is 0 Å². The van der Waals surface area contributed by atoms with Crippen LogP contribution in [0.25, 0.3) is 0 Å². The second-order valence-electron chi connectivity index (χ2n) is 6.15. The molecular formula is C22H18N2O3. The largest absolute Gasteiger partial charge is 0.449 e. The van der Waals surface area contributed by atoms with Gasteiger partial charge in [-0.15, -0.1) is 0 Å². The van der Waals surface area contributed by atoms with Gasteiger partial charge in [-0.1, -0.05) is 66.2 Å². The van der Waals surface area contributed by atoms with Crippen molar-refractivity contribution in [2.45, 2.75) is 13.2 Å². The average Bonchev–Trinajstić information content (AvgIpc) is 2.71. The summed E-state index contributed by atoms with van der Waals surface area (Å²) < 4.78 is 11.5. The lowest BCUT2D eigenvalue weighted by molar-refractivity contribution is 0.0153. The molecule has 0 bridgehead atoms. The van der Waals surface area contributed by atoms with Gasteiger partial charge >= 0.3 is 6.09 Å². The molecule has 1 atom stereocenters. The van der Waals surface area contributed by atoms with E-state index in [4.69, 9.17) is 9.47 Å². The molecule has 5 nitrogen and oxygen atoms in total. The summed E-state index contributed by atoms with van der Waals surface area (Å²) in [6, 6.07) is 26.3. The Kier molecular flexibility index (Phi) is 4.58. The van der Waals surface area contributed by atoms with Crippen molar-refractivity contribution in [2.75, 3.05) is 5.01 Å². The minimum absolute atomic E-state index is 0.527. The van der Waals surface area contributed by atoms with Gasteiger partial charge in [0.1, 0.15) is 11.5 Å². The van der Waals surface area contributed by atoms with E-state index in [1.54, 1.807) is 12.1 Å². The maximum absolute atomic E-state index is 12.5. The first-order valence-corrected chi connectivity index (χ1v) is 8.64. The minimum Gasteiger partial charge on any atom is -0.449 e. The van der Waals surface area contributed by atoms with E-state index in [0.717, 1.165) is 11.1 Å². The highest BCUT2D eigenvalue weighted by molar-refractivity contribution is 6.08. The van der Waals surface area contributed by atoms with E-state index >= 15 is 0 Å². The van der Waals surface area contributed by atoms with Crippen LogP contribution >= 0.6 is 0 Å². The molecule has 3 aromatic carbocycles. The molecule has 0 aromatic heterocycles. The van der Waals surface area contributed by atoms with Crippen LogP contribution < -0.4 is 9.75 Å². The zero-order valence-corrected chi connectivity index (χ0v) is 14.8. The van der Waals surface area contributed by atoms with Gasteiger partial charge in [-0.2, -0.15) is 10.1 Å². The van der Waals surface area contributed by atoms with Gasteiger partial charge in [-0.25, -0.2) is 4.79 Å². The Morgan fingerprint density at radius 2 is 1.52 bits per heavy atom. The van der Waals surface area contributed by atoms with Gasteiger partial charge < -0.3 is 9.47 Å². The fourth-order valence-electron chi connectivity index (χ4n) is 2.75. The fourth-order valence-corrected chi connectivity index (χ4v) is 2.75. The number of hydrogen-bond acceptors (Lipinski definition) is 4. The molecule has 1 aliphatic heterocycles. The van der Waals surface area contributed by atoms with Crippen LogP contribution in [0.2, 0.25) is 0 Å². The monoisotopic (exact) mass is 358 g/mol. The highest BCUT2D eigenvalue weighted by Crippen LogP contribution is 2.24. The predicted molar refractivity (Wildman–Crippen MR) is 104 cm³/mol. The standard InChI is InChI=1S/C22H18N2O3/c1-16-12-14-19(15-13-16)26-21-20(17-8-4-2-5-9-17)23-24(22(25)27-21)18-10-6-3-7-11-18/h2-15,21H,1H3. The Morgan fingerprint density at radius 3 is 2.19 bits per heavy atom. The molecule has 0 N–H and O–H groups in total. The topological polar surface area (TPSA) is 51.1 Å². The van der Waals surface area contributed by atoms with Crippen molar-refractivity contribution in [3.63, 3.8) is 0 Å². The summed E-state index contributed by atoms with van der Waals surface area (Å²) in [7, 11) is 0. The Hall–Kier alpha value is -3.60. The number of ether oxygens (including phenoxy) is 2. The third-order valence-electron chi connectivity index (χ3n) is 4.15. The number of aryl methyl sites for hydroxylation is 1. The number of amides is 1. The molecule has 0 spiro atoms. The molecular weight excluding hydrogens is 340 g/mol. The molecule has 0 fully saturated rings.